The van der Waals surface area contributed by atoms with Gasteiger partial charge in [0.1, 0.15) is 0 Å². The van der Waals surface area contributed by atoms with Gasteiger partial charge in [-0.25, -0.2) is 0 Å². The van der Waals surface area contributed by atoms with Crippen LogP contribution in [0.15, 0.2) is 24.3 Å². The van der Waals surface area contributed by atoms with E-state index in [0.29, 0.717) is 12.0 Å². The minimum absolute atomic E-state index is 0.389. The molecule has 1 rings (SSSR count). The third-order valence-electron chi connectivity index (χ3n) is 3.66. The van der Waals surface area contributed by atoms with Crippen LogP contribution >= 0.6 is 0 Å². The van der Waals surface area contributed by atoms with Crippen molar-refractivity contribution in [2.75, 3.05) is 45.2 Å². The molecule has 1 atom stereocenters. The minimum atomic E-state index is 0.389. The van der Waals surface area contributed by atoms with Crippen LogP contribution in [0.3, 0.4) is 0 Å². The van der Waals surface area contributed by atoms with Gasteiger partial charge in [-0.05, 0) is 45.1 Å². The standard InChI is InChI=1S/C18H33N3/c1-7-19-16(4)17-10-8-9-11-18(17)21(14-15(2)3)13-12-20(5)6/h8-11,15-16,19H,7,12-14H2,1-6H3. The maximum Gasteiger partial charge on any atom is 0.0415 e. The molecule has 0 amide bonds. The lowest BCUT2D eigenvalue weighted by Crippen LogP contribution is -2.35. The number of hydrogen-bond acceptors (Lipinski definition) is 3. The van der Waals surface area contributed by atoms with Gasteiger partial charge in [-0.15, -0.1) is 0 Å². The molecule has 1 aromatic rings. The van der Waals surface area contributed by atoms with Gasteiger partial charge in [0, 0.05) is 31.4 Å². The first-order valence-corrected chi connectivity index (χ1v) is 8.17. The van der Waals surface area contributed by atoms with Crippen LogP contribution in [0.2, 0.25) is 0 Å². The van der Waals surface area contributed by atoms with Crippen molar-refractivity contribution in [1.82, 2.24) is 10.2 Å². The number of rotatable bonds is 9. The Hall–Kier alpha value is -1.06. The van der Waals surface area contributed by atoms with Crippen LogP contribution in [-0.4, -0.2) is 45.2 Å². The maximum absolute atomic E-state index is 3.54. The summed E-state index contributed by atoms with van der Waals surface area (Å²) in [6.07, 6.45) is 0. The summed E-state index contributed by atoms with van der Waals surface area (Å²) in [5, 5.41) is 3.54. The number of benzene rings is 1. The van der Waals surface area contributed by atoms with Crippen LogP contribution in [0.4, 0.5) is 5.69 Å². The molecule has 0 aliphatic rings. The van der Waals surface area contributed by atoms with E-state index >= 15 is 0 Å². The quantitative estimate of drug-likeness (QED) is 0.752. The van der Waals surface area contributed by atoms with E-state index in [-0.39, 0.29) is 0 Å². The lowest BCUT2D eigenvalue weighted by Gasteiger charge is -2.31. The molecule has 0 radical (unpaired) electrons. The zero-order valence-electron chi connectivity index (χ0n) is 14.7. The van der Waals surface area contributed by atoms with Crippen LogP contribution in [0.25, 0.3) is 0 Å². The van der Waals surface area contributed by atoms with Gasteiger partial charge in [-0.3, -0.25) is 0 Å². The number of para-hydroxylation sites is 1. The minimum Gasteiger partial charge on any atom is -0.370 e. The highest BCUT2D eigenvalue weighted by atomic mass is 15.2. The third kappa shape index (κ3) is 6.06. The Kier molecular flexibility index (Phi) is 7.76. The summed E-state index contributed by atoms with van der Waals surface area (Å²) in [6, 6.07) is 9.21. The topological polar surface area (TPSA) is 18.5 Å². The van der Waals surface area contributed by atoms with Crippen molar-refractivity contribution >= 4 is 5.69 Å². The second-order valence-electron chi connectivity index (χ2n) is 6.48. The number of hydrogen-bond donors (Lipinski definition) is 1. The fraction of sp³-hybridized carbons (Fsp3) is 0.667. The van der Waals surface area contributed by atoms with Crippen molar-refractivity contribution in [3.05, 3.63) is 29.8 Å². The van der Waals surface area contributed by atoms with Gasteiger partial charge in [0.15, 0.2) is 0 Å². The summed E-state index contributed by atoms with van der Waals surface area (Å²) in [7, 11) is 4.28. The first kappa shape index (κ1) is 18.0. The van der Waals surface area contributed by atoms with Crippen LogP contribution < -0.4 is 10.2 Å². The van der Waals surface area contributed by atoms with Crippen molar-refractivity contribution in [3.63, 3.8) is 0 Å². The zero-order valence-corrected chi connectivity index (χ0v) is 14.7. The van der Waals surface area contributed by atoms with Gasteiger partial charge in [0.05, 0.1) is 0 Å². The summed E-state index contributed by atoms with van der Waals surface area (Å²) >= 11 is 0. The van der Waals surface area contributed by atoms with E-state index in [1.54, 1.807) is 0 Å². The van der Waals surface area contributed by atoms with Gasteiger partial charge in [0.25, 0.3) is 0 Å². The molecular formula is C18H33N3. The molecule has 1 N–H and O–H groups in total. The second-order valence-corrected chi connectivity index (χ2v) is 6.48. The van der Waals surface area contributed by atoms with E-state index in [9.17, 15) is 0 Å². The Morgan fingerprint density at radius 1 is 1.05 bits per heavy atom. The molecule has 0 bridgehead atoms. The highest BCUT2D eigenvalue weighted by molar-refractivity contribution is 5.55. The van der Waals surface area contributed by atoms with Crippen LogP contribution in [0, 0.1) is 5.92 Å². The Labute approximate surface area is 131 Å². The highest BCUT2D eigenvalue weighted by Crippen LogP contribution is 2.26. The Morgan fingerprint density at radius 2 is 1.71 bits per heavy atom. The molecule has 0 spiro atoms. The number of nitrogens with one attached hydrogen (secondary N) is 1. The van der Waals surface area contributed by atoms with Crippen LogP contribution in [-0.2, 0) is 0 Å². The predicted octanol–water partition coefficient (Wildman–Crippen LogP) is 3.38. The number of anilines is 1. The van der Waals surface area contributed by atoms with Crippen molar-refractivity contribution in [3.8, 4) is 0 Å². The van der Waals surface area contributed by atoms with Gasteiger partial charge >= 0.3 is 0 Å². The monoisotopic (exact) mass is 291 g/mol. The Morgan fingerprint density at radius 3 is 2.29 bits per heavy atom. The molecule has 0 heterocycles. The molecule has 1 aromatic carbocycles. The molecule has 1 unspecified atom stereocenters. The summed E-state index contributed by atoms with van der Waals surface area (Å²) < 4.78 is 0. The Balaban J connectivity index is 2.99. The summed E-state index contributed by atoms with van der Waals surface area (Å²) in [6.45, 7) is 13.2. The normalized spacial score (nSPS) is 13.0. The molecule has 0 aromatic heterocycles. The highest BCUT2D eigenvalue weighted by Gasteiger charge is 2.16. The van der Waals surface area contributed by atoms with Gasteiger partial charge in [-0.1, -0.05) is 39.0 Å². The van der Waals surface area contributed by atoms with Crippen LogP contribution in [0.1, 0.15) is 39.3 Å². The maximum atomic E-state index is 3.54. The molecule has 0 fully saturated rings. The van der Waals surface area contributed by atoms with E-state index < -0.39 is 0 Å². The zero-order chi connectivity index (χ0) is 15.8. The van der Waals surface area contributed by atoms with E-state index in [4.69, 9.17) is 0 Å². The molecule has 0 aliphatic heterocycles. The second kappa shape index (κ2) is 9.06. The summed E-state index contributed by atoms with van der Waals surface area (Å²) in [5.74, 6) is 0.662. The van der Waals surface area contributed by atoms with Crippen molar-refractivity contribution < 1.29 is 0 Å². The van der Waals surface area contributed by atoms with Gasteiger partial charge in [0.2, 0.25) is 0 Å². The summed E-state index contributed by atoms with van der Waals surface area (Å²) in [4.78, 5) is 4.79. The Bertz CT molecular complexity index is 401. The largest absolute Gasteiger partial charge is 0.370 e. The van der Waals surface area contributed by atoms with Crippen molar-refractivity contribution in [2.24, 2.45) is 5.92 Å². The number of nitrogens with zero attached hydrogens (tertiary/aromatic N) is 2. The molecule has 120 valence electrons. The van der Waals surface area contributed by atoms with Gasteiger partial charge < -0.3 is 15.1 Å². The fourth-order valence-electron chi connectivity index (χ4n) is 2.63. The van der Waals surface area contributed by atoms with Crippen molar-refractivity contribution in [2.45, 2.75) is 33.7 Å². The molecule has 0 saturated heterocycles. The lowest BCUT2D eigenvalue weighted by atomic mass is 10.0. The SMILES string of the molecule is CCNC(C)c1ccccc1N(CCN(C)C)CC(C)C. The molecule has 3 nitrogen and oxygen atoms in total. The van der Waals surface area contributed by atoms with E-state index in [2.05, 4.69) is 81.2 Å². The van der Waals surface area contributed by atoms with Gasteiger partial charge in [-0.2, -0.15) is 0 Å². The smallest absolute Gasteiger partial charge is 0.0415 e. The molecule has 21 heavy (non-hydrogen) atoms. The average Bonchev–Trinajstić information content (AvgIpc) is 2.43. The van der Waals surface area contributed by atoms with Crippen LogP contribution in [0.5, 0.6) is 0 Å². The predicted molar refractivity (Wildman–Crippen MR) is 94.1 cm³/mol. The molecule has 0 saturated carbocycles. The van der Waals surface area contributed by atoms with E-state index in [1.165, 1.54) is 11.3 Å². The third-order valence-corrected chi connectivity index (χ3v) is 3.66. The first-order chi connectivity index (χ1) is 9.95. The molecule has 3 heteroatoms. The number of likely N-dealkylation sites (N-methyl/N-ethyl adjacent to an activating group) is 1. The molecule has 0 aliphatic carbocycles. The fourth-order valence-corrected chi connectivity index (χ4v) is 2.63. The summed E-state index contributed by atoms with van der Waals surface area (Å²) in [5.41, 5.74) is 2.78. The first-order valence-electron chi connectivity index (χ1n) is 8.17. The molecular weight excluding hydrogens is 258 g/mol. The van der Waals surface area contributed by atoms with E-state index in [0.717, 1.165) is 26.2 Å². The van der Waals surface area contributed by atoms with Crippen molar-refractivity contribution in [1.29, 1.82) is 0 Å². The lowest BCUT2D eigenvalue weighted by molar-refractivity contribution is 0.408. The average molecular weight is 291 g/mol. The van der Waals surface area contributed by atoms with E-state index in [1.807, 2.05) is 0 Å².